The third-order valence-corrected chi connectivity index (χ3v) is 3.85. The van der Waals surface area contributed by atoms with Crippen LogP contribution in [0.15, 0.2) is 9.59 Å². The van der Waals surface area contributed by atoms with Crippen LogP contribution < -0.4 is 16.1 Å². The summed E-state index contributed by atoms with van der Waals surface area (Å²) < 4.78 is 2.25. The number of nitriles is 1. The Morgan fingerprint density at radius 2 is 1.95 bits per heavy atom. The minimum absolute atomic E-state index is 0.0306. The van der Waals surface area contributed by atoms with Crippen molar-refractivity contribution >= 4 is 5.82 Å². The maximum Gasteiger partial charge on any atom is 0.332 e. The van der Waals surface area contributed by atoms with E-state index >= 15 is 0 Å². The highest BCUT2D eigenvalue weighted by Gasteiger charge is 2.29. The molecule has 1 saturated carbocycles. The zero-order valence-electron chi connectivity index (χ0n) is 11.8. The molecule has 20 heavy (non-hydrogen) atoms. The first-order chi connectivity index (χ1) is 9.36. The van der Waals surface area contributed by atoms with Gasteiger partial charge in [-0.3, -0.25) is 13.9 Å². The molecule has 0 spiro atoms. The van der Waals surface area contributed by atoms with Crippen LogP contribution in [0.2, 0.25) is 0 Å². The van der Waals surface area contributed by atoms with Crippen LogP contribution in [0.25, 0.3) is 0 Å². The zero-order chi connectivity index (χ0) is 15.0. The Kier molecular flexibility index (Phi) is 3.68. The lowest BCUT2D eigenvalue weighted by Gasteiger charge is -2.35. The summed E-state index contributed by atoms with van der Waals surface area (Å²) in [5, 5.41) is 18.5. The fourth-order valence-electron chi connectivity index (χ4n) is 2.70. The summed E-state index contributed by atoms with van der Waals surface area (Å²) in [6.45, 7) is 0.603. The molecule has 1 heterocycles. The van der Waals surface area contributed by atoms with Crippen molar-refractivity contribution in [1.82, 2.24) is 9.13 Å². The van der Waals surface area contributed by atoms with Crippen LogP contribution in [-0.2, 0) is 14.1 Å². The number of aliphatic hydroxyl groups is 1. The van der Waals surface area contributed by atoms with Crippen molar-refractivity contribution in [2.45, 2.75) is 18.9 Å². The molecule has 1 fully saturated rings. The Morgan fingerprint density at radius 1 is 1.35 bits per heavy atom. The standard InChI is InChI=1S/C13H18N4O3/c1-15(7-8-4-9(18)5-8)11-10(6-14)12(19)17(3)13(20)16(11)2/h8-9,18H,4-5,7H2,1-3H3. The topological polar surface area (TPSA) is 91.3 Å². The molecule has 7 heteroatoms. The molecule has 1 aromatic heterocycles. The van der Waals surface area contributed by atoms with Gasteiger partial charge in [-0.25, -0.2) is 4.79 Å². The molecule has 1 N–H and O–H groups in total. The number of nitrogens with zero attached hydrogens (tertiary/aromatic N) is 4. The second kappa shape index (κ2) is 5.13. The van der Waals surface area contributed by atoms with Gasteiger partial charge in [-0.15, -0.1) is 0 Å². The molecule has 0 bridgehead atoms. The number of hydrogen-bond donors (Lipinski definition) is 1. The van der Waals surface area contributed by atoms with Gasteiger partial charge in [0.25, 0.3) is 5.56 Å². The Hall–Kier alpha value is -2.07. The van der Waals surface area contributed by atoms with Crippen molar-refractivity contribution in [2.75, 3.05) is 18.5 Å². The van der Waals surface area contributed by atoms with Gasteiger partial charge >= 0.3 is 5.69 Å². The number of hydrogen-bond acceptors (Lipinski definition) is 5. The van der Waals surface area contributed by atoms with E-state index < -0.39 is 11.2 Å². The molecule has 108 valence electrons. The van der Waals surface area contributed by atoms with Crippen molar-refractivity contribution in [3.05, 3.63) is 26.4 Å². The molecule has 7 nitrogen and oxygen atoms in total. The van der Waals surface area contributed by atoms with E-state index in [-0.39, 0.29) is 11.7 Å². The van der Waals surface area contributed by atoms with Crippen molar-refractivity contribution in [1.29, 1.82) is 5.26 Å². The first kappa shape index (κ1) is 14.3. The van der Waals surface area contributed by atoms with E-state index in [1.165, 1.54) is 11.6 Å². The van der Waals surface area contributed by atoms with Gasteiger partial charge in [-0.1, -0.05) is 0 Å². The molecular formula is C13H18N4O3. The fourth-order valence-corrected chi connectivity index (χ4v) is 2.70. The van der Waals surface area contributed by atoms with E-state index in [0.29, 0.717) is 31.1 Å². The second-order valence-electron chi connectivity index (χ2n) is 5.39. The van der Waals surface area contributed by atoms with Gasteiger partial charge in [0, 0.05) is 27.7 Å². The Labute approximate surface area is 116 Å². The summed E-state index contributed by atoms with van der Waals surface area (Å²) in [5.41, 5.74) is -1.06. The van der Waals surface area contributed by atoms with Crippen molar-refractivity contribution < 1.29 is 5.11 Å². The quantitative estimate of drug-likeness (QED) is 0.778. The first-order valence-electron chi connectivity index (χ1n) is 6.46. The fraction of sp³-hybridized carbons (Fsp3) is 0.615. The van der Waals surface area contributed by atoms with E-state index in [0.717, 1.165) is 4.57 Å². The summed E-state index contributed by atoms with van der Waals surface area (Å²) in [6, 6.07) is 1.89. The first-order valence-corrected chi connectivity index (χ1v) is 6.46. The third-order valence-electron chi connectivity index (χ3n) is 3.85. The van der Waals surface area contributed by atoms with Crippen molar-refractivity contribution in [3.8, 4) is 6.07 Å². The molecule has 0 amide bonds. The van der Waals surface area contributed by atoms with Gasteiger partial charge in [0.2, 0.25) is 0 Å². The van der Waals surface area contributed by atoms with Crippen LogP contribution in [-0.4, -0.2) is 33.9 Å². The second-order valence-corrected chi connectivity index (χ2v) is 5.39. The van der Waals surface area contributed by atoms with Gasteiger partial charge in [-0.2, -0.15) is 5.26 Å². The van der Waals surface area contributed by atoms with Gasteiger partial charge < -0.3 is 10.0 Å². The van der Waals surface area contributed by atoms with E-state index in [2.05, 4.69) is 0 Å². The van der Waals surface area contributed by atoms with Gasteiger partial charge in [-0.05, 0) is 18.8 Å². The van der Waals surface area contributed by atoms with E-state index in [1.54, 1.807) is 19.0 Å². The van der Waals surface area contributed by atoms with Crippen LogP contribution in [0, 0.1) is 17.2 Å². The lowest BCUT2D eigenvalue weighted by molar-refractivity contribution is 0.0463. The predicted molar refractivity (Wildman–Crippen MR) is 73.6 cm³/mol. The van der Waals surface area contributed by atoms with Gasteiger partial charge in [0.1, 0.15) is 11.9 Å². The average molecular weight is 278 g/mol. The smallest absolute Gasteiger partial charge is 0.332 e. The maximum atomic E-state index is 12.0. The molecule has 0 radical (unpaired) electrons. The number of anilines is 1. The molecule has 0 atom stereocenters. The lowest BCUT2D eigenvalue weighted by Crippen LogP contribution is -2.44. The molecule has 0 saturated heterocycles. The summed E-state index contributed by atoms with van der Waals surface area (Å²) in [6.07, 6.45) is 1.17. The highest BCUT2D eigenvalue weighted by atomic mass is 16.3. The maximum absolute atomic E-state index is 12.0. The highest BCUT2D eigenvalue weighted by molar-refractivity contribution is 5.53. The summed E-state index contributed by atoms with van der Waals surface area (Å²) in [7, 11) is 4.65. The predicted octanol–water partition coefficient (Wildman–Crippen LogP) is -0.837. The zero-order valence-corrected chi connectivity index (χ0v) is 11.8. The normalized spacial score (nSPS) is 21.1. The van der Waals surface area contributed by atoms with E-state index in [9.17, 15) is 20.0 Å². The summed E-state index contributed by atoms with van der Waals surface area (Å²) in [5.74, 6) is 0.655. The molecule has 0 aromatic carbocycles. The Bertz CT molecular complexity index is 677. The van der Waals surface area contributed by atoms with Crippen LogP contribution >= 0.6 is 0 Å². The average Bonchev–Trinajstić information content (AvgIpc) is 2.38. The number of aromatic nitrogens is 2. The third kappa shape index (κ3) is 2.23. The molecule has 1 aliphatic rings. The Balaban J connectivity index is 2.43. The lowest BCUT2D eigenvalue weighted by atomic mass is 9.82. The van der Waals surface area contributed by atoms with Crippen LogP contribution in [0.3, 0.4) is 0 Å². The summed E-state index contributed by atoms with van der Waals surface area (Å²) >= 11 is 0. The van der Waals surface area contributed by atoms with Crippen LogP contribution in [0.4, 0.5) is 5.82 Å². The van der Waals surface area contributed by atoms with Gasteiger partial charge in [0.15, 0.2) is 5.56 Å². The van der Waals surface area contributed by atoms with Crippen molar-refractivity contribution in [2.24, 2.45) is 20.0 Å². The van der Waals surface area contributed by atoms with Crippen LogP contribution in [0.5, 0.6) is 0 Å². The Morgan fingerprint density at radius 3 is 2.45 bits per heavy atom. The van der Waals surface area contributed by atoms with E-state index in [1.807, 2.05) is 6.07 Å². The monoisotopic (exact) mass is 278 g/mol. The molecule has 0 aliphatic heterocycles. The minimum atomic E-state index is -0.578. The number of aliphatic hydroxyl groups excluding tert-OH is 1. The SMILES string of the molecule is CN(CC1CC(O)C1)c1c(C#N)c(=O)n(C)c(=O)n1C. The molecule has 1 aliphatic carbocycles. The van der Waals surface area contributed by atoms with Crippen molar-refractivity contribution in [3.63, 3.8) is 0 Å². The molecular weight excluding hydrogens is 260 g/mol. The molecule has 1 aromatic rings. The number of rotatable bonds is 3. The minimum Gasteiger partial charge on any atom is -0.393 e. The highest BCUT2D eigenvalue weighted by Crippen LogP contribution is 2.29. The summed E-state index contributed by atoms with van der Waals surface area (Å²) in [4.78, 5) is 25.7. The molecule has 2 rings (SSSR count). The molecule has 0 unspecified atom stereocenters. The van der Waals surface area contributed by atoms with E-state index in [4.69, 9.17) is 0 Å². The largest absolute Gasteiger partial charge is 0.393 e. The van der Waals surface area contributed by atoms with Crippen LogP contribution in [0.1, 0.15) is 18.4 Å². The van der Waals surface area contributed by atoms with Gasteiger partial charge in [0.05, 0.1) is 6.10 Å².